The van der Waals surface area contributed by atoms with Crippen LogP contribution in [0.5, 0.6) is 5.75 Å². The maximum absolute atomic E-state index is 12.9. The van der Waals surface area contributed by atoms with E-state index in [1.807, 2.05) is 31.2 Å². The number of aromatic nitrogens is 1. The fraction of sp³-hybridized carbons (Fsp3) is 0.364. The van der Waals surface area contributed by atoms with E-state index >= 15 is 0 Å². The van der Waals surface area contributed by atoms with Gasteiger partial charge in [-0.05, 0) is 56.2 Å². The highest BCUT2D eigenvalue weighted by molar-refractivity contribution is 5.75. The molecular weight excluding hydrogens is 373 g/mol. The van der Waals surface area contributed by atoms with Gasteiger partial charge in [0.15, 0.2) is 11.5 Å². The Kier molecular flexibility index (Phi) is 5.64. The third kappa shape index (κ3) is 4.67. The van der Waals surface area contributed by atoms with E-state index in [1.54, 1.807) is 17.0 Å². The number of hydrogen-bond donors (Lipinski definition) is 1. The van der Waals surface area contributed by atoms with Gasteiger partial charge in [-0.3, -0.25) is 0 Å². The quantitative estimate of drug-likeness (QED) is 0.696. The molecule has 0 unspecified atom stereocenters. The highest BCUT2D eigenvalue weighted by Crippen LogP contribution is 2.29. The molecule has 0 radical (unpaired) electrons. The van der Waals surface area contributed by atoms with Crippen molar-refractivity contribution < 1.29 is 18.3 Å². The van der Waals surface area contributed by atoms with Crippen molar-refractivity contribution in [3.05, 3.63) is 60.2 Å². The van der Waals surface area contributed by atoms with Crippen LogP contribution in [0.25, 0.3) is 11.1 Å². The van der Waals surface area contributed by atoms with Gasteiger partial charge in [0, 0.05) is 13.1 Å². The molecule has 4 rings (SSSR count). The van der Waals surface area contributed by atoms with Crippen molar-refractivity contribution in [2.24, 2.45) is 0 Å². The van der Waals surface area contributed by atoms with E-state index in [9.17, 15) is 9.18 Å². The number of nitrogens with one attached hydrogen (secondary N) is 1. The van der Waals surface area contributed by atoms with Gasteiger partial charge in [0.1, 0.15) is 23.7 Å². The Labute approximate surface area is 168 Å². The number of urea groups is 1. The van der Waals surface area contributed by atoms with Crippen LogP contribution in [0.1, 0.15) is 31.6 Å². The standard InChI is InChI=1S/C22H24FN3O3/c1-15(14-28-18-10-8-17(23)9-11-18)24-22(27)26-12-4-5-16(13-26)21-25-19-6-2-3-7-20(19)29-21/h2-3,6-11,15-16H,4-5,12-14H2,1H3,(H,24,27)/t15-,16+/m1/s1. The summed E-state index contributed by atoms with van der Waals surface area (Å²) >= 11 is 0. The summed E-state index contributed by atoms with van der Waals surface area (Å²) in [6.07, 6.45) is 1.84. The van der Waals surface area contributed by atoms with Crippen LogP contribution >= 0.6 is 0 Å². The zero-order chi connectivity index (χ0) is 20.2. The molecule has 2 heterocycles. The number of piperidine rings is 1. The number of para-hydroxylation sites is 2. The van der Waals surface area contributed by atoms with Gasteiger partial charge < -0.3 is 19.4 Å². The van der Waals surface area contributed by atoms with E-state index in [0.717, 1.165) is 23.9 Å². The summed E-state index contributed by atoms with van der Waals surface area (Å²) in [6, 6.07) is 13.2. The smallest absolute Gasteiger partial charge is 0.317 e. The van der Waals surface area contributed by atoms with Crippen LogP contribution in [0, 0.1) is 5.82 Å². The first-order valence-electron chi connectivity index (χ1n) is 9.88. The predicted octanol–water partition coefficient (Wildman–Crippen LogP) is 4.32. The van der Waals surface area contributed by atoms with Crippen LogP contribution in [0.4, 0.5) is 9.18 Å². The Morgan fingerprint density at radius 2 is 2.10 bits per heavy atom. The minimum atomic E-state index is -0.308. The number of hydrogen-bond acceptors (Lipinski definition) is 4. The number of rotatable bonds is 5. The van der Waals surface area contributed by atoms with Crippen molar-refractivity contribution in [3.8, 4) is 5.75 Å². The van der Waals surface area contributed by atoms with Crippen LogP contribution in [0.2, 0.25) is 0 Å². The lowest BCUT2D eigenvalue weighted by Crippen LogP contribution is -2.48. The molecule has 1 aliphatic rings. The minimum absolute atomic E-state index is 0.0904. The largest absolute Gasteiger partial charge is 0.491 e. The summed E-state index contributed by atoms with van der Waals surface area (Å²) in [5.74, 6) is 1.04. The number of halogens is 1. The summed E-state index contributed by atoms with van der Waals surface area (Å²) in [5, 5.41) is 2.97. The van der Waals surface area contributed by atoms with Gasteiger partial charge in [0.2, 0.25) is 0 Å². The second-order valence-corrected chi connectivity index (χ2v) is 7.42. The Morgan fingerprint density at radius 3 is 2.90 bits per heavy atom. The molecule has 0 spiro atoms. The summed E-state index contributed by atoms with van der Waals surface area (Å²) < 4.78 is 24.5. The molecule has 1 saturated heterocycles. The zero-order valence-electron chi connectivity index (χ0n) is 16.3. The van der Waals surface area contributed by atoms with Gasteiger partial charge in [0.05, 0.1) is 12.0 Å². The van der Waals surface area contributed by atoms with Crippen molar-refractivity contribution in [1.29, 1.82) is 0 Å². The van der Waals surface area contributed by atoms with E-state index < -0.39 is 0 Å². The molecule has 29 heavy (non-hydrogen) atoms. The molecular formula is C22H24FN3O3. The summed E-state index contributed by atoms with van der Waals surface area (Å²) in [6.45, 7) is 3.46. The number of benzene rings is 2. The first-order valence-corrected chi connectivity index (χ1v) is 9.88. The number of nitrogens with zero attached hydrogens (tertiary/aromatic N) is 2. The normalized spacial score (nSPS) is 17.9. The molecule has 6 nitrogen and oxygen atoms in total. The summed E-state index contributed by atoms with van der Waals surface area (Å²) in [4.78, 5) is 19.1. The van der Waals surface area contributed by atoms with Gasteiger partial charge >= 0.3 is 6.03 Å². The van der Waals surface area contributed by atoms with Gasteiger partial charge in [-0.2, -0.15) is 0 Å². The highest BCUT2D eigenvalue weighted by atomic mass is 19.1. The van der Waals surface area contributed by atoms with Crippen molar-refractivity contribution >= 4 is 17.1 Å². The van der Waals surface area contributed by atoms with Gasteiger partial charge in [0.25, 0.3) is 0 Å². The molecule has 2 aromatic carbocycles. The Morgan fingerprint density at radius 1 is 1.31 bits per heavy atom. The molecule has 0 saturated carbocycles. The van der Waals surface area contributed by atoms with Crippen LogP contribution in [0.15, 0.2) is 52.9 Å². The monoisotopic (exact) mass is 397 g/mol. The molecule has 7 heteroatoms. The molecule has 2 atom stereocenters. The van der Waals surface area contributed by atoms with Crippen molar-refractivity contribution in [2.45, 2.75) is 31.7 Å². The van der Waals surface area contributed by atoms with E-state index in [4.69, 9.17) is 9.15 Å². The molecule has 1 N–H and O–H groups in total. The topological polar surface area (TPSA) is 67.6 Å². The van der Waals surface area contributed by atoms with Gasteiger partial charge in [-0.25, -0.2) is 14.2 Å². The predicted molar refractivity (Wildman–Crippen MR) is 107 cm³/mol. The minimum Gasteiger partial charge on any atom is -0.491 e. The lowest BCUT2D eigenvalue weighted by molar-refractivity contribution is 0.167. The molecule has 1 aromatic heterocycles. The molecule has 1 aliphatic heterocycles. The van der Waals surface area contributed by atoms with E-state index in [-0.39, 0.29) is 23.8 Å². The third-order valence-corrected chi connectivity index (χ3v) is 5.05. The first-order chi connectivity index (χ1) is 14.1. The highest BCUT2D eigenvalue weighted by Gasteiger charge is 2.28. The van der Waals surface area contributed by atoms with Gasteiger partial charge in [-0.1, -0.05) is 12.1 Å². The van der Waals surface area contributed by atoms with Gasteiger partial charge in [-0.15, -0.1) is 0 Å². The molecule has 0 bridgehead atoms. The molecule has 1 fully saturated rings. The maximum atomic E-state index is 12.9. The van der Waals surface area contributed by atoms with Crippen LogP contribution in [-0.2, 0) is 0 Å². The van der Waals surface area contributed by atoms with Crippen molar-refractivity contribution in [3.63, 3.8) is 0 Å². The Balaban J connectivity index is 1.31. The number of oxazole rings is 1. The lowest BCUT2D eigenvalue weighted by Gasteiger charge is -2.32. The maximum Gasteiger partial charge on any atom is 0.317 e. The van der Waals surface area contributed by atoms with E-state index in [0.29, 0.717) is 31.3 Å². The van der Waals surface area contributed by atoms with Crippen molar-refractivity contribution in [1.82, 2.24) is 15.2 Å². The lowest BCUT2D eigenvalue weighted by atomic mass is 9.98. The molecule has 3 aromatic rings. The second kappa shape index (κ2) is 8.51. The average Bonchev–Trinajstić information content (AvgIpc) is 3.18. The van der Waals surface area contributed by atoms with E-state index in [1.165, 1.54) is 12.1 Å². The SMILES string of the molecule is C[C@H](COc1ccc(F)cc1)NC(=O)N1CCC[C@H](c2nc3ccccc3o2)C1. The zero-order valence-corrected chi connectivity index (χ0v) is 16.3. The Hall–Kier alpha value is -3.09. The summed E-state index contributed by atoms with van der Waals surface area (Å²) in [5.41, 5.74) is 1.62. The molecule has 2 amide bonds. The number of carbonyl (C=O) groups excluding carboxylic acids is 1. The number of ether oxygens (including phenoxy) is 1. The number of likely N-dealkylation sites (tertiary alicyclic amines) is 1. The third-order valence-electron chi connectivity index (χ3n) is 5.05. The van der Waals surface area contributed by atoms with Crippen LogP contribution in [-0.4, -0.2) is 41.7 Å². The fourth-order valence-corrected chi connectivity index (χ4v) is 3.52. The molecule has 152 valence electrons. The van der Waals surface area contributed by atoms with Crippen LogP contribution < -0.4 is 10.1 Å². The average molecular weight is 397 g/mol. The number of fused-ring (bicyclic) bond motifs is 1. The number of carbonyl (C=O) groups is 1. The summed E-state index contributed by atoms with van der Waals surface area (Å²) in [7, 11) is 0. The Bertz CT molecular complexity index is 940. The second-order valence-electron chi connectivity index (χ2n) is 7.42. The van der Waals surface area contributed by atoms with Crippen molar-refractivity contribution in [2.75, 3.05) is 19.7 Å². The van der Waals surface area contributed by atoms with E-state index in [2.05, 4.69) is 10.3 Å². The molecule has 0 aliphatic carbocycles. The van der Waals surface area contributed by atoms with Crippen LogP contribution in [0.3, 0.4) is 0 Å². The number of amides is 2. The fourth-order valence-electron chi connectivity index (χ4n) is 3.52. The first kappa shape index (κ1) is 19.2.